The molecule has 0 aliphatic rings. The lowest BCUT2D eigenvalue weighted by Gasteiger charge is -2.17. The van der Waals surface area contributed by atoms with E-state index >= 15 is 0 Å². The Kier molecular flexibility index (Phi) is 5.14. The number of thiazole rings is 1. The van der Waals surface area contributed by atoms with Gasteiger partial charge in [-0.3, -0.25) is 11.3 Å². The third-order valence-corrected chi connectivity index (χ3v) is 4.74. The van der Waals surface area contributed by atoms with Crippen LogP contribution in [0.1, 0.15) is 43.1 Å². The molecule has 0 aliphatic heterocycles. The molecule has 0 fully saturated rings. The molecule has 114 valence electrons. The SMILES string of the molecule is CC(C)(C)c1csc(CC(NN)c2cccc(Br)c2F)n1. The van der Waals surface area contributed by atoms with Gasteiger partial charge in [-0.15, -0.1) is 11.3 Å². The van der Waals surface area contributed by atoms with Gasteiger partial charge >= 0.3 is 0 Å². The zero-order valence-electron chi connectivity index (χ0n) is 12.3. The van der Waals surface area contributed by atoms with Crippen molar-refractivity contribution in [2.45, 2.75) is 38.6 Å². The standard InChI is InChI=1S/C15H19BrFN3S/c1-15(2,3)12-8-21-13(19-12)7-11(20-18)9-5-4-6-10(16)14(9)17/h4-6,8,11,20H,7,18H2,1-3H3. The van der Waals surface area contributed by atoms with Crippen LogP contribution >= 0.6 is 27.3 Å². The summed E-state index contributed by atoms with van der Waals surface area (Å²) < 4.78 is 14.6. The van der Waals surface area contributed by atoms with E-state index in [9.17, 15) is 4.39 Å². The number of hydrogen-bond acceptors (Lipinski definition) is 4. The van der Waals surface area contributed by atoms with Gasteiger partial charge in [-0.1, -0.05) is 32.9 Å². The van der Waals surface area contributed by atoms with Crippen molar-refractivity contribution in [2.24, 2.45) is 5.84 Å². The van der Waals surface area contributed by atoms with Crippen LogP contribution in [0.2, 0.25) is 0 Å². The van der Waals surface area contributed by atoms with E-state index in [1.807, 2.05) is 0 Å². The average molecular weight is 372 g/mol. The predicted molar refractivity (Wildman–Crippen MR) is 88.7 cm³/mol. The number of rotatable bonds is 4. The summed E-state index contributed by atoms with van der Waals surface area (Å²) in [6.45, 7) is 6.37. The molecule has 2 rings (SSSR count). The van der Waals surface area contributed by atoms with E-state index in [1.54, 1.807) is 29.5 Å². The summed E-state index contributed by atoms with van der Waals surface area (Å²) in [6.07, 6.45) is 0.560. The Hall–Kier alpha value is -0.820. The van der Waals surface area contributed by atoms with Gasteiger partial charge in [0.15, 0.2) is 0 Å². The minimum Gasteiger partial charge on any atom is -0.271 e. The molecule has 0 aliphatic carbocycles. The third kappa shape index (κ3) is 3.88. The number of hydrazine groups is 1. The lowest BCUT2D eigenvalue weighted by Crippen LogP contribution is -2.30. The van der Waals surface area contributed by atoms with Crippen LogP contribution in [0.5, 0.6) is 0 Å². The molecule has 1 aromatic heterocycles. The Labute approximate surface area is 136 Å². The normalized spacial score (nSPS) is 13.4. The minimum atomic E-state index is -0.304. The second-order valence-corrected chi connectivity index (χ2v) is 7.74. The Morgan fingerprint density at radius 3 is 2.71 bits per heavy atom. The van der Waals surface area contributed by atoms with E-state index in [2.05, 4.69) is 52.5 Å². The maximum Gasteiger partial charge on any atom is 0.142 e. The molecule has 0 amide bonds. The molecular weight excluding hydrogens is 353 g/mol. The van der Waals surface area contributed by atoms with Crippen LogP contribution in [0.3, 0.4) is 0 Å². The molecule has 0 bridgehead atoms. The van der Waals surface area contributed by atoms with Gasteiger partial charge in [0.2, 0.25) is 0 Å². The van der Waals surface area contributed by atoms with E-state index in [0.29, 0.717) is 16.5 Å². The van der Waals surface area contributed by atoms with Crippen LogP contribution in [-0.2, 0) is 11.8 Å². The van der Waals surface area contributed by atoms with Gasteiger partial charge in [0.1, 0.15) is 5.82 Å². The fourth-order valence-electron chi connectivity index (χ4n) is 1.97. The van der Waals surface area contributed by atoms with Gasteiger partial charge in [-0.25, -0.2) is 9.37 Å². The third-order valence-electron chi connectivity index (χ3n) is 3.26. The zero-order valence-corrected chi connectivity index (χ0v) is 14.7. The van der Waals surface area contributed by atoms with Gasteiger partial charge in [0.05, 0.1) is 21.2 Å². The summed E-state index contributed by atoms with van der Waals surface area (Å²) in [5, 5.41) is 3.00. The summed E-state index contributed by atoms with van der Waals surface area (Å²) in [7, 11) is 0. The fraction of sp³-hybridized carbons (Fsp3) is 0.400. The predicted octanol–water partition coefficient (Wildman–Crippen LogP) is 4.09. The number of halogens is 2. The maximum atomic E-state index is 14.2. The monoisotopic (exact) mass is 371 g/mol. The van der Waals surface area contributed by atoms with Crippen molar-refractivity contribution in [3.63, 3.8) is 0 Å². The summed E-state index contributed by atoms with van der Waals surface area (Å²) in [4.78, 5) is 4.64. The Morgan fingerprint density at radius 2 is 2.14 bits per heavy atom. The van der Waals surface area contributed by atoms with E-state index in [-0.39, 0.29) is 17.3 Å². The fourth-order valence-corrected chi connectivity index (χ4v) is 3.42. The van der Waals surface area contributed by atoms with Crippen LogP contribution in [-0.4, -0.2) is 4.98 Å². The van der Waals surface area contributed by atoms with Gasteiger partial charge in [0, 0.05) is 22.8 Å². The molecule has 6 heteroatoms. The van der Waals surface area contributed by atoms with Gasteiger partial charge in [-0.2, -0.15) is 0 Å². The Morgan fingerprint density at radius 1 is 1.43 bits per heavy atom. The van der Waals surface area contributed by atoms with Crippen LogP contribution in [0.4, 0.5) is 4.39 Å². The second kappa shape index (κ2) is 6.52. The maximum absolute atomic E-state index is 14.2. The van der Waals surface area contributed by atoms with Crippen molar-refractivity contribution in [1.82, 2.24) is 10.4 Å². The molecule has 2 aromatic rings. The van der Waals surface area contributed by atoms with E-state index in [4.69, 9.17) is 5.84 Å². The molecule has 1 aromatic carbocycles. The van der Waals surface area contributed by atoms with Gasteiger partial charge < -0.3 is 0 Å². The quantitative estimate of drug-likeness (QED) is 0.628. The van der Waals surface area contributed by atoms with Crippen molar-refractivity contribution < 1.29 is 4.39 Å². The molecule has 21 heavy (non-hydrogen) atoms. The smallest absolute Gasteiger partial charge is 0.142 e. The van der Waals surface area contributed by atoms with Crippen LogP contribution < -0.4 is 11.3 Å². The molecule has 1 unspecified atom stereocenters. The highest BCUT2D eigenvalue weighted by Crippen LogP contribution is 2.29. The molecular formula is C15H19BrFN3S. The van der Waals surface area contributed by atoms with Crippen molar-refractivity contribution in [2.75, 3.05) is 0 Å². The minimum absolute atomic E-state index is 0.0153. The highest BCUT2D eigenvalue weighted by Gasteiger charge is 2.21. The first-order valence-corrected chi connectivity index (χ1v) is 8.35. The first-order chi connectivity index (χ1) is 9.82. The molecule has 0 saturated heterocycles. The largest absolute Gasteiger partial charge is 0.271 e. The average Bonchev–Trinajstić information content (AvgIpc) is 2.88. The lowest BCUT2D eigenvalue weighted by molar-refractivity contribution is 0.504. The van der Waals surface area contributed by atoms with Crippen molar-refractivity contribution in [1.29, 1.82) is 0 Å². The van der Waals surface area contributed by atoms with E-state index in [0.717, 1.165) is 10.7 Å². The number of hydrogen-bond donors (Lipinski definition) is 2. The summed E-state index contributed by atoms with van der Waals surface area (Å²) in [5.41, 5.74) is 4.29. The topological polar surface area (TPSA) is 50.9 Å². The highest BCUT2D eigenvalue weighted by molar-refractivity contribution is 9.10. The second-order valence-electron chi connectivity index (χ2n) is 5.94. The van der Waals surface area contributed by atoms with Crippen LogP contribution in [0.15, 0.2) is 28.1 Å². The summed E-state index contributed by atoms with van der Waals surface area (Å²) in [6, 6.07) is 4.91. The highest BCUT2D eigenvalue weighted by atomic mass is 79.9. The van der Waals surface area contributed by atoms with Crippen molar-refractivity contribution in [3.05, 3.63) is 50.1 Å². The Bertz CT molecular complexity index is 622. The number of aromatic nitrogens is 1. The Balaban J connectivity index is 2.23. The summed E-state index contributed by atoms with van der Waals surface area (Å²) in [5.74, 6) is 5.32. The van der Waals surface area contributed by atoms with Crippen LogP contribution in [0.25, 0.3) is 0 Å². The number of nitrogens with zero attached hydrogens (tertiary/aromatic N) is 1. The molecule has 1 heterocycles. The van der Waals surface area contributed by atoms with Gasteiger partial charge in [-0.05, 0) is 22.0 Å². The van der Waals surface area contributed by atoms with Crippen molar-refractivity contribution in [3.8, 4) is 0 Å². The van der Waals surface area contributed by atoms with E-state index < -0.39 is 0 Å². The van der Waals surface area contributed by atoms with Crippen LogP contribution in [0, 0.1) is 5.82 Å². The molecule has 0 radical (unpaired) electrons. The molecule has 3 nitrogen and oxygen atoms in total. The molecule has 1 atom stereocenters. The first kappa shape index (κ1) is 16.5. The summed E-state index contributed by atoms with van der Waals surface area (Å²) >= 11 is 4.79. The number of nitrogens with one attached hydrogen (secondary N) is 1. The molecule has 0 spiro atoms. The first-order valence-electron chi connectivity index (χ1n) is 6.68. The van der Waals surface area contributed by atoms with E-state index in [1.165, 1.54) is 0 Å². The van der Waals surface area contributed by atoms with Crippen molar-refractivity contribution >= 4 is 27.3 Å². The number of nitrogens with two attached hydrogens (primary N) is 1. The van der Waals surface area contributed by atoms with Gasteiger partial charge in [0.25, 0.3) is 0 Å². The number of benzene rings is 1. The molecule has 3 N–H and O–H groups in total. The zero-order chi connectivity index (χ0) is 15.6. The molecule has 0 saturated carbocycles. The lowest BCUT2D eigenvalue weighted by atomic mass is 9.93.